The van der Waals surface area contributed by atoms with Crippen LogP contribution < -0.4 is 0 Å². The van der Waals surface area contributed by atoms with Crippen LogP contribution >= 0.6 is 0 Å². The second kappa shape index (κ2) is 4.82. The second-order valence-electron chi connectivity index (χ2n) is 4.88. The lowest BCUT2D eigenvalue weighted by Crippen LogP contribution is -2.69. The summed E-state index contributed by atoms with van der Waals surface area (Å²) in [4.78, 5) is 0. The lowest BCUT2D eigenvalue weighted by molar-refractivity contribution is -0.479. The van der Waals surface area contributed by atoms with Gasteiger partial charge in [0.15, 0.2) is 11.6 Å². The highest BCUT2D eigenvalue weighted by Gasteiger charge is 2.59. The molecule has 5 nitrogen and oxygen atoms in total. The Hall–Kier alpha value is -0.200. The van der Waals surface area contributed by atoms with Crippen molar-refractivity contribution in [2.45, 2.75) is 63.3 Å². The zero-order valence-corrected chi connectivity index (χ0v) is 10.5. The van der Waals surface area contributed by atoms with Gasteiger partial charge in [-0.25, -0.2) is 0 Å². The zero-order chi connectivity index (χ0) is 12.5. The minimum absolute atomic E-state index is 0.290. The Labute approximate surface area is 102 Å². The molecule has 0 spiro atoms. The van der Waals surface area contributed by atoms with Crippen LogP contribution in [-0.2, 0) is 14.2 Å². The molecular weight excluding hydrogens is 224 g/mol. The Kier molecular flexibility index (Phi) is 3.75. The van der Waals surface area contributed by atoms with Crippen molar-refractivity contribution in [1.29, 1.82) is 0 Å². The van der Waals surface area contributed by atoms with Gasteiger partial charge < -0.3 is 24.4 Å². The topological polar surface area (TPSA) is 68.2 Å². The molecule has 5 heteroatoms. The van der Waals surface area contributed by atoms with Crippen molar-refractivity contribution in [1.82, 2.24) is 0 Å². The normalized spacial score (nSPS) is 45.2. The van der Waals surface area contributed by atoms with Gasteiger partial charge in [0.25, 0.3) is 0 Å². The molecule has 0 bridgehead atoms. The third-order valence-electron chi connectivity index (χ3n) is 3.53. The predicted octanol–water partition coefficient (Wildman–Crippen LogP) is 0.778. The quantitative estimate of drug-likeness (QED) is 0.725. The summed E-state index contributed by atoms with van der Waals surface area (Å²) in [7, 11) is 0. The molecule has 2 N–H and O–H groups in total. The fourth-order valence-corrected chi connectivity index (χ4v) is 2.45. The number of aliphatic hydroxyl groups is 2. The Morgan fingerprint density at radius 3 is 1.59 bits per heavy atom. The number of rotatable bonds is 6. The van der Waals surface area contributed by atoms with Crippen LogP contribution in [0.2, 0.25) is 0 Å². The van der Waals surface area contributed by atoms with Crippen LogP contribution in [0.15, 0.2) is 0 Å². The molecule has 0 aromatic carbocycles. The number of ether oxygens (including phenoxy) is 3. The maximum Gasteiger partial charge on any atom is 0.200 e. The molecule has 0 saturated carbocycles. The van der Waals surface area contributed by atoms with Gasteiger partial charge in [0.05, 0.1) is 13.2 Å². The van der Waals surface area contributed by atoms with Crippen molar-refractivity contribution < 1.29 is 24.4 Å². The highest BCUT2D eigenvalue weighted by molar-refractivity contribution is 4.95. The molecule has 2 saturated heterocycles. The Balaban J connectivity index is 2.06. The molecule has 2 fully saturated rings. The first-order valence-corrected chi connectivity index (χ1v) is 6.43. The highest BCUT2D eigenvalue weighted by atomic mass is 16.8. The highest BCUT2D eigenvalue weighted by Crippen LogP contribution is 2.43. The Bertz CT molecular complexity index is 246. The van der Waals surface area contributed by atoms with Crippen LogP contribution in [0.4, 0.5) is 0 Å². The van der Waals surface area contributed by atoms with Crippen LogP contribution in [-0.4, -0.2) is 47.2 Å². The van der Waals surface area contributed by atoms with E-state index in [1.54, 1.807) is 0 Å². The van der Waals surface area contributed by atoms with E-state index in [2.05, 4.69) is 0 Å². The van der Waals surface area contributed by atoms with Gasteiger partial charge in [-0.15, -0.1) is 0 Å². The molecule has 2 aliphatic heterocycles. The van der Waals surface area contributed by atoms with Crippen LogP contribution in [0.5, 0.6) is 0 Å². The summed E-state index contributed by atoms with van der Waals surface area (Å²) >= 11 is 0. The van der Waals surface area contributed by atoms with Gasteiger partial charge in [-0.2, -0.15) is 0 Å². The van der Waals surface area contributed by atoms with E-state index in [1.165, 1.54) is 0 Å². The van der Waals surface area contributed by atoms with E-state index in [-0.39, 0.29) is 13.2 Å². The summed E-state index contributed by atoms with van der Waals surface area (Å²) in [5, 5.41) is 19.7. The second-order valence-corrected chi connectivity index (χ2v) is 4.88. The summed E-state index contributed by atoms with van der Waals surface area (Å²) in [6.45, 7) is 4.59. The molecule has 2 rings (SSSR count). The molecule has 4 atom stereocenters. The molecule has 17 heavy (non-hydrogen) atoms. The average Bonchev–Trinajstić information content (AvgIpc) is 2.33. The van der Waals surface area contributed by atoms with E-state index in [0.717, 1.165) is 12.8 Å². The Morgan fingerprint density at radius 1 is 1.00 bits per heavy atom. The molecule has 2 aliphatic rings. The Morgan fingerprint density at radius 2 is 1.41 bits per heavy atom. The average molecular weight is 246 g/mol. The smallest absolute Gasteiger partial charge is 0.200 e. The lowest BCUT2D eigenvalue weighted by Gasteiger charge is -2.55. The number of aliphatic hydroxyl groups excluding tert-OH is 2. The standard InChI is InChI=1S/C12H22O5/c1-3-5-11(9(13)7-15-11)17-12(6-4-2)10(14)8-16-12/h9-10,13-14H,3-8H2,1-2H3. The maximum absolute atomic E-state index is 9.84. The number of hydrogen-bond donors (Lipinski definition) is 2. The molecule has 4 unspecified atom stereocenters. The van der Waals surface area contributed by atoms with Crippen molar-refractivity contribution in [3.63, 3.8) is 0 Å². The minimum Gasteiger partial charge on any atom is -0.385 e. The first-order chi connectivity index (χ1) is 8.08. The predicted molar refractivity (Wildman–Crippen MR) is 60.3 cm³/mol. The van der Waals surface area contributed by atoms with Crippen LogP contribution in [0.1, 0.15) is 39.5 Å². The number of hydrogen-bond acceptors (Lipinski definition) is 5. The van der Waals surface area contributed by atoms with Gasteiger partial charge in [0.1, 0.15) is 12.2 Å². The van der Waals surface area contributed by atoms with Crippen LogP contribution in [0.3, 0.4) is 0 Å². The first-order valence-electron chi connectivity index (χ1n) is 6.43. The third kappa shape index (κ3) is 2.11. The lowest BCUT2D eigenvalue weighted by atomic mass is 9.95. The molecule has 2 heterocycles. The maximum atomic E-state index is 9.84. The zero-order valence-electron chi connectivity index (χ0n) is 10.5. The van der Waals surface area contributed by atoms with E-state index in [1.807, 2.05) is 13.8 Å². The van der Waals surface area contributed by atoms with Gasteiger partial charge in [0.2, 0.25) is 0 Å². The van der Waals surface area contributed by atoms with Gasteiger partial charge >= 0.3 is 0 Å². The van der Waals surface area contributed by atoms with E-state index in [0.29, 0.717) is 12.8 Å². The molecular formula is C12H22O5. The fraction of sp³-hybridized carbons (Fsp3) is 1.00. The van der Waals surface area contributed by atoms with Crippen molar-refractivity contribution in [2.75, 3.05) is 13.2 Å². The largest absolute Gasteiger partial charge is 0.385 e. The monoisotopic (exact) mass is 246 g/mol. The van der Waals surface area contributed by atoms with E-state index >= 15 is 0 Å². The summed E-state index contributed by atoms with van der Waals surface area (Å²) in [5.41, 5.74) is 0. The van der Waals surface area contributed by atoms with Crippen LogP contribution in [0.25, 0.3) is 0 Å². The molecule has 0 radical (unpaired) electrons. The van der Waals surface area contributed by atoms with Crippen molar-refractivity contribution in [3.8, 4) is 0 Å². The van der Waals surface area contributed by atoms with Gasteiger partial charge in [-0.1, -0.05) is 26.7 Å². The molecule has 0 aliphatic carbocycles. The molecule has 100 valence electrons. The van der Waals surface area contributed by atoms with Crippen LogP contribution in [0, 0.1) is 0 Å². The third-order valence-corrected chi connectivity index (χ3v) is 3.53. The van der Waals surface area contributed by atoms with E-state index < -0.39 is 23.8 Å². The van der Waals surface area contributed by atoms with Crippen molar-refractivity contribution >= 4 is 0 Å². The fourth-order valence-electron chi connectivity index (χ4n) is 2.45. The van der Waals surface area contributed by atoms with Gasteiger partial charge in [0, 0.05) is 12.8 Å². The first kappa shape index (κ1) is 13.2. The molecule has 0 aromatic rings. The van der Waals surface area contributed by atoms with Crippen molar-refractivity contribution in [2.24, 2.45) is 0 Å². The summed E-state index contributed by atoms with van der Waals surface area (Å²) < 4.78 is 16.7. The van der Waals surface area contributed by atoms with Crippen molar-refractivity contribution in [3.05, 3.63) is 0 Å². The molecule has 0 aromatic heterocycles. The molecule has 0 amide bonds. The minimum atomic E-state index is -0.981. The summed E-state index contributed by atoms with van der Waals surface area (Å²) in [5.74, 6) is -1.96. The SMILES string of the molecule is CCCC1(OC2(CCC)OCC2O)OCC1O. The van der Waals surface area contributed by atoms with E-state index in [4.69, 9.17) is 14.2 Å². The summed E-state index contributed by atoms with van der Waals surface area (Å²) in [6, 6.07) is 0. The van der Waals surface area contributed by atoms with Gasteiger partial charge in [-0.05, 0) is 0 Å². The van der Waals surface area contributed by atoms with E-state index in [9.17, 15) is 10.2 Å². The van der Waals surface area contributed by atoms with Gasteiger partial charge in [-0.3, -0.25) is 0 Å². The summed E-state index contributed by atoms with van der Waals surface area (Å²) in [6.07, 6.45) is 1.64.